The number of carboxylic acids is 1. The summed E-state index contributed by atoms with van der Waals surface area (Å²) in [5.74, 6) is 0.322. The first-order valence-corrected chi connectivity index (χ1v) is 7.39. The Morgan fingerprint density at radius 2 is 2.11 bits per heavy atom. The Morgan fingerprint density at radius 3 is 2.68 bits per heavy atom. The summed E-state index contributed by atoms with van der Waals surface area (Å²) < 4.78 is 5.26. The summed E-state index contributed by atoms with van der Waals surface area (Å²) in [5.41, 5.74) is 0.287. The number of rotatable bonds is 5. The van der Waals surface area contributed by atoms with E-state index in [1.54, 1.807) is 19.1 Å². The highest BCUT2D eigenvalue weighted by atomic mass is 32.2. The van der Waals surface area contributed by atoms with E-state index >= 15 is 0 Å². The fraction of sp³-hybridized carbons (Fsp3) is 0.250. The topological polar surface area (TPSA) is 76.2 Å². The minimum atomic E-state index is -0.949. The molecule has 0 saturated carbocycles. The first-order valence-electron chi connectivity index (χ1n) is 5.59. The summed E-state index contributed by atoms with van der Waals surface area (Å²) in [6.07, 6.45) is 0. The Balaban J connectivity index is 2.38. The molecule has 0 radical (unpaired) electrons. The molecule has 2 aromatic rings. The molecule has 0 saturated heterocycles. The molecule has 100 valence electrons. The molecule has 0 spiro atoms. The summed E-state index contributed by atoms with van der Waals surface area (Å²) in [6, 6.07) is 5.38. The van der Waals surface area contributed by atoms with E-state index in [4.69, 9.17) is 4.42 Å². The van der Waals surface area contributed by atoms with E-state index in [9.17, 15) is 9.90 Å². The maximum atomic E-state index is 11.4. The lowest BCUT2D eigenvalue weighted by Gasteiger charge is -2.08. The lowest BCUT2D eigenvalue weighted by atomic mass is 10.2. The smallest absolute Gasteiger partial charge is 0.337 e. The summed E-state index contributed by atoms with van der Waals surface area (Å²) in [6.45, 7) is 3.68. The van der Waals surface area contributed by atoms with Crippen molar-refractivity contribution in [3.8, 4) is 0 Å². The number of aryl methyl sites for hydroxylation is 1. The van der Waals surface area contributed by atoms with Crippen LogP contribution in [0.25, 0.3) is 0 Å². The van der Waals surface area contributed by atoms with E-state index in [-0.39, 0.29) is 5.56 Å². The van der Waals surface area contributed by atoms with Gasteiger partial charge in [-0.05, 0) is 29.6 Å². The normalized spacial score (nSPS) is 10.6. The fourth-order valence-corrected chi connectivity index (χ4v) is 3.27. The quantitative estimate of drug-likeness (QED) is 0.848. The van der Waals surface area contributed by atoms with E-state index in [0.29, 0.717) is 16.0 Å². The number of aromatic carboxylic acids is 1. The van der Waals surface area contributed by atoms with Gasteiger partial charge in [-0.2, -0.15) is 0 Å². The van der Waals surface area contributed by atoms with Crippen molar-refractivity contribution in [3.63, 3.8) is 0 Å². The number of aromatic nitrogens is 2. The third kappa shape index (κ3) is 3.30. The van der Waals surface area contributed by atoms with E-state index < -0.39 is 5.97 Å². The van der Waals surface area contributed by atoms with Crippen molar-refractivity contribution in [2.45, 2.75) is 28.9 Å². The fourth-order valence-electron chi connectivity index (χ4n) is 1.50. The molecule has 0 atom stereocenters. The van der Waals surface area contributed by atoms with Crippen LogP contribution < -0.4 is 0 Å². The van der Waals surface area contributed by atoms with Crippen molar-refractivity contribution in [1.82, 2.24) is 10.2 Å². The van der Waals surface area contributed by atoms with Crippen molar-refractivity contribution >= 4 is 29.5 Å². The van der Waals surface area contributed by atoms with Crippen LogP contribution in [0.5, 0.6) is 0 Å². The third-order valence-electron chi connectivity index (χ3n) is 2.21. The van der Waals surface area contributed by atoms with Crippen LogP contribution in [-0.2, 0) is 0 Å². The first-order chi connectivity index (χ1) is 9.11. The third-order valence-corrected chi connectivity index (χ3v) is 4.05. The average Bonchev–Trinajstić information content (AvgIpc) is 2.75. The minimum absolute atomic E-state index is 0.287. The van der Waals surface area contributed by atoms with Gasteiger partial charge in [-0.3, -0.25) is 0 Å². The number of hydrogen-bond donors (Lipinski definition) is 1. The van der Waals surface area contributed by atoms with Crippen LogP contribution in [0, 0.1) is 6.92 Å². The molecule has 2 rings (SSSR count). The molecule has 0 aliphatic carbocycles. The Kier molecular flexibility index (Phi) is 4.49. The monoisotopic (exact) mass is 296 g/mol. The van der Waals surface area contributed by atoms with Crippen LogP contribution >= 0.6 is 23.5 Å². The number of benzene rings is 1. The van der Waals surface area contributed by atoms with Crippen LogP contribution in [0.3, 0.4) is 0 Å². The summed E-state index contributed by atoms with van der Waals surface area (Å²) in [5, 5.41) is 17.3. The van der Waals surface area contributed by atoms with E-state index in [1.165, 1.54) is 23.5 Å². The second-order valence-corrected chi connectivity index (χ2v) is 5.86. The van der Waals surface area contributed by atoms with Crippen LogP contribution in [0.15, 0.2) is 37.6 Å². The van der Waals surface area contributed by atoms with E-state index in [2.05, 4.69) is 10.2 Å². The molecule has 0 bridgehead atoms. The summed E-state index contributed by atoms with van der Waals surface area (Å²) in [7, 11) is 0. The molecule has 7 heteroatoms. The molecule has 1 aromatic carbocycles. The van der Waals surface area contributed by atoms with Gasteiger partial charge in [0.15, 0.2) is 0 Å². The number of thioether (sulfide) groups is 1. The van der Waals surface area contributed by atoms with Crippen molar-refractivity contribution in [3.05, 3.63) is 29.7 Å². The number of nitrogens with zero attached hydrogens (tertiary/aromatic N) is 2. The van der Waals surface area contributed by atoms with Gasteiger partial charge in [0.05, 0.1) is 5.56 Å². The average molecular weight is 296 g/mol. The van der Waals surface area contributed by atoms with Crippen LogP contribution in [0.2, 0.25) is 0 Å². The maximum absolute atomic E-state index is 11.4. The Bertz CT molecular complexity index is 598. The zero-order valence-corrected chi connectivity index (χ0v) is 12.0. The van der Waals surface area contributed by atoms with E-state index in [0.717, 1.165) is 10.6 Å². The van der Waals surface area contributed by atoms with Crippen molar-refractivity contribution in [1.29, 1.82) is 0 Å². The van der Waals surface area contributed by atoms with Gasteiger partial charge in [0.1, 0.15) is 0 Å². The lowest BCUT2D eigenvalue weighted by Crippen LogP contribution is -2.01. The molecular weight excluding hydrogens is 284 g/mol. The molecule has 0 aliphatic heterocycles. The van der Waals surface area contributed by atoms with Crippen LogP contribution in [0.4, 0.5) is 0 Å². The van der Waals surface area contributed by atoms with Crippen LogP contribution in [0.1, 0.15) is 23.2 Å². The lowest BCUT2D eigenvalue weighted by molar-refractivity contribution is 0.0689. The Hall–Kier alpha value is -1.47. The van der Waals surface area contributed by atoms with Gasteiger partial charge in [-0.1, -0.05) is 13.0 Å². The van der Waals surface area contributed by atoms with Gasteiger partial charge in [0.2, 0.25) is 5.89 Å². The zero-order valence-electron chi connectivity index (χ0n) is 10.4. The molecule has 0 aliphatic rings. The van der Waals surface area contributed by atoms with E-state index in [1.807, 2.05) is 13.0 Å². The predicted molar refractivity (Wildman–Crippen MR) is 73.0 cm³/mol. The highest BCUT2D eigenvalue weighted by Gasteiger charge is 2.18. The SMILES string of the molecule is CCSc1cccc(Sc2nnc(C)o2)c1C(=O)O. The molecule has 5 nitrogen and oxygen atoms in total. The minimum Gasteiger partial charge on any atom is -0.478 e. The van der Waals surface area contributed by atoms with Gasteiger partial charge < -0.3 is 9.52 Å². The number of carboxylic acid groups (broad SMARTS) is 1. The van der Waals surface area contributed by atoms with Gasteiger partial charge in [0, 0.05) is 16.7 Å². The van der Waals surface area contributed by atoms with Crippen LogP contribution in [-0.4, -0.2) is 27.0 Å². The number of hydrogen-bond acceptors (Lipinski definition) is 6. The maximum Gasteiger partial charge on any atom is 0.337 e. The van der Waals surface area contributed by atoms with Crippen molar-refractivity contribution in [2.75, 3.05) is 5.75 Å². The second kappa shape index (κ2) is 6.12. The largest absolute Gasteiger partial charge is 0.478 e. The van der Waals surface area contributed by atoms with Gasteiger partial charge in [-0.25, -0.2) is 4.79 Å². The summed E-state index contributed by atoms with van der Waals surface area (Å²) >= 11 is 2.67. The molecular formula is C12H12N2O3S2. The predicted octanol–water partition coefficient (Wildman–Crippen LogP) is 3.34. The zero-order chi connectivity index (χ0) is 13.8. The van der Waals surface area contributed by atoms with Crippen molar-refractivity contribution in [2.24, 2.45) is 0 Å². The summed E-state index contributed by atoms with van der Waals surface area (Å²) in [4.78, 5) is 12.8. The second-order valence-electron chi connectivity index (χ2n) is 3.56. The molecule has 1 heterocycles. The standard InChI is InChI=1S/C12H12N2O3S2/c1-3-18-8-5-4-6-9(10(8)11(15)16)19-12-14-13-7(2)17-12/h4-6H,3H2,1-2H3,(H,15,16). The van der Waals surface area contributed by atoms with Crippen molar-refractivity contribution < 1.29 is 14.3 Å². The Labute approximate surface area is 118 Å². The first kappa shape index (κ1) is 14.0. The van der Waals surface area contributed by atoms with Gasteiger partial charge >= 0.3 is 5.97 Å². The molecule has 19 heavy (non-hydrogen) atoms. The molecule has 1 aromatic heterocycles. The highest BCUT2D eigenvalue weighted by molar-refractivity contribution is 8.00. The molecule has 0 fully saturated rings. The molecule has 0 unspecified atom stereocenters. The molecule has 0 amide bonds. The molecule has 1 N–H and O–H groups in total. The number of carbonyl (C=O) groups is 1. The highest BCUT2D eigenvalue weighted by Crippen LogP contribution is 2.34. The van der Waals surface area contributed by atoms with Gasteiger partial charge in [0.25, 0.3) is 5.22 Å². The van der Waals surface area contributed by atoms with Gasteiger partial charge in [-0.15, -0.1) is 22.0 Å². The Morgan fingerprint density at radius 1 is 1.37 bits per heavy atom.